The lowest BCUT2D eigenvalue weighted by Crippen LogP contribution is -2.43. The second-order valence-corrected chi connectivity index (χ2v) is 6.86. The van der Waals surface area contributed by atoms with Gasteiger partial charge in [-0.1, -0.05) is 32.9 Å². The first kappa shape index (κ1) is 18.1. The summed E-state index contributed by atoms with van der Waals surface area (Å²) >= 11 is 0. The molecule has 2 unspecified atom stereocenters. The number of hydrogen-bond acceptors (Lipinski definition) is 4. The molecular formula is C18H26N4O2. The van der Waals surface area contributed by atoms with Crippen LogP contribution in [-0.4, -0.2) is 42.6 Å². The van der Waals surface area contributed by atoms with Crippen molar-refractivity contribution in [2.75, 3.05) is 19.4 Å². The molecule has 1 aliphatic heterocycles. The van der Waals surface area contributed by atoms with Crippen LogP contribution < -0.4 is 10.7 Å². The van der Waals surface area contributed by atoms with Crippen LogP contribution in [0.2, 0.25) is 0 Å². The van der Waals surface area contributed by atoms with Gasteiger partial charge in [-0.2, -0.15) is 5.10 Å². The highest BCUT2D eigenvalue weighted by Gasteiger charge is 2.25. The first-order chi connectivity index (χ1) is 11.3. The standard InChI is InChI=1S/C18H26N4O2/c1-11(2)17(22(4)5)18(24)19-14-8-6-13(7-9-14)16-12(3)10-15(23)20-21-16/h6-9,11-12,17H,10H2,1-5H3,(H,19,24)(H,20,23). The van der Waals surface area contributed by atoms with Crippen LogP contribution in [-0.2, 0) is 9.59 Å². The molecular weight excluding hydrogens is 304 g/mol. The largest absolute Gasteiger partial charge is 0.325 e. The zero-order chi connectivity index (χ0) is 17.9. The average molecular weight is 330 g/mol. The van der Waals surface area contributed by atoms with E-state index in [1.54, 1.807) is 0 Å². The Hall–Kier alpha value is -2.21. The lowest BCUT2D eigenvalue weighted by molar-refractivity contribution is -0.122. The summed E-state index contributed by atoms with van der Waals surface area (Å²) < 4.78 is 0. The molecule has 0 aliphatic carbocycles. The first-order valence-electron chi connectivity index (χ1n) is 8.23. The van der Waals surface area contributed by atoms with E-state index in [9.17, 15) is 9.59 Å². The number of nitrogens with one attached hydrogen (secondary N) is 2. The Kier molecular flexibility index (Phi) is 5.72. The summed E-state index contributed by atoms with van der Waals surface area (Å²) in [6.07, 6.45) is 0.441. The third kappa shape index (κ3) is 4.20. The van der Waals surface area contributed by atoms with Crippen LogP contribution in [0.1, 0.15) is 32.8 Å². The minimum Gasteiger partial charge on any atom is -0.325 e. The maximum absolute atomic E-state index is 12.4. The Balaban J connectivity index is 2.10. The van der Waals surface area contributed by atoms with Gasteiger partial charge >= 0.3 is 0 Å². The number of carbonyl (C=O) groups is 2. The molecule has 2 atom stereocenters. The smallest absolute Gasteiger partial charge is 0.241 e. The van der Waals surface area contributed by atoms with Gasteiger partial charge in [-0.25, -0.2) is 5.43 Å². The Morgan fingerprint density at radius 3 is 2.42 bits per heavy atom. The van der Waals surface area contributed by atoms with Crippen molar-refractivity contribution in [3.63, 3.8) is 0 Å². The number of rotatable bonds is 5. The SMILES string of the molecule is CC1CC(=O)NN=C1c1ccc(NC(=O)C(C(C)C)N(C)C)cc1. The topological polar surface area (TPSA) is 73.8 Å². The van der Waals surface area contributed by atoms with Gasteiger partial charge in [0.1, 0.15) is 0 Å². The average Bonchev–Trinajstić information content (AvgIpc) is 2.47. The van der Waals surface area contributed by atoms with Gasteiger partial charge < -0.3 is 5.32 Å². The summed E-state index contributed by atoms with van der Waals surface area (Å²) in [5.41, 5.74) is 5.09. The van der Waals surface area contributed by atoms with Crippen molar-refractivity contribution in [3.8, 4) is 0 Å². The van der Waals surface area contributed by atoms with Crippen molar-refractivity contribution in [1.82, 2.24) is 10.3 Å². The highest BCUT2D eigenvalue weighted by molar-refractivity contribution is 6.06. The summed E-state index contributed by atoms with van der Waals surface area (Å²) in [6, 6.07) is 7.39. The number of benzene rings is 1. The Labute approximate surface area is 143 Å². The van der Waals surface area contributed by atoms with E-state index < -0.39 is 0 Å². The predicted octanol–water partition coefficient (Wildman–Crippen LogP) is 2.07. The second kappa shape index (κ2) is 7.57. The van der Waals surface area contributed by atoms with Crippen LogP contribution in [0.25, 0.3) is 0 Å². The van der Waals surface area contributed by atoms with Crippen molar-refractivity contribution < 1.29 is 9.59 Å². The van der Waals surface area contributed by atoms with E-state index in [0.717, 1.165) is 17.0 Å². The van der Waals surface area contributed by atoms with Gasteiger partial charge in [-0.3, -0.25) is 14.5 Å². The zero-order valence-corrected chi connectivity index (χ0v) is 15.0. The molecule has 2 amide bonds. The van der Waals surface area contributed by atoms with Gasteiger partial charge in [0.25, 0.3) is 0 Å². The number of nitrogens with zero attached hydrogens (tertiary/aromatic N) is 2. The molecule has 0 fully saturated rings. The van der Waals surface area contributed by atoms with Gasteiger partial charge in [0.15, 0.2) is 0 Å². The fraction of sp³-hybridized carbons (Fsp3) is 0.500. The lowest BCUT2D eigenvalue weighted by Gasteiger charge is -2.26. The lowest BCUT2D eigenvalue weighted by atomic mass is 9.94. The molecule has 6 heteroatoms. The molecule has 0 spiro atoms. The van der Waals surface area contributed by atoms with Crippen LogP contribution in [0.5, 0.6) is 0 Å². The van der Waals surface area contributed by atoms with Crippen molar-refractivity contribution in [2.45, 2.75) is 33.2 Å². The van der Waals surface area contributed by atoms with E-state index in [-0.39, 0.29) is 29.7 Å². The molecule has 130 valence electrons. The first-order valence-corrected chi connectivity index (χ1v) is 8.23. The summed E-state index contributed by atoms with van der Waals surface area (Å²) in [4.78, 5) is 25.7. The van der Waals surface area contributed by atoms with E-state index in [4.69, 9.17) is 0 Å². The van der Waals surface area contributed by atoms with Crippen molar-refractivity contribution in [2.24, 2.45) is 16.9 Å². The minimum absolute atomic E-state index is 0.0154. The summed E-state index contributed by atoms with van der Waals surface area (Å²) in [7, 11) is 3.81. The number of likely N-dealkylation sites (N-methyl/N-ethyl adjacent to an activating group) is 1. The monoisotopic (exact) mass is 330 g/mol. The quantitative estimate of drug-likeness (QED) is 0.868. The molecule has 1 aromatic rings. The molecule has 0 radical (unpaired) electrons. The molecule has 24 heavy (non-hydrogen) atoms. The number of carbonyl (C=O) groups excluding carboxylic acids is 2. The van der Waals surface area contributed by atoms with Crippen LogP contribution in [0.15, 0.2) is 29.4 Å². The minimum atomic E-state index is -0.178. The maximum atomic E-state index is 12.4. The second-order valence-electron chi connectivity index (χ2n) is 6.86. The van der Waals surface area contributed by atoms with Crippen LogP contribution in [0, 0.1) is 11.8 Å². The summed E-state index contributed by atoms with van der Waals surface area (Å²) in [5.74, 6) is 0.232. The fourth-order valence-corrected chi connectivity index (χ4v) is 3.08. The molecule has 0 saturated heterocycles. The molecule has 1 heterocycles. The van der Waals surface area contributed by atoms with E-state index >= 15 is 0 Å². The highest BCUT2D eigenvalue weighted by Crippen LogP contribution is 2.19. The van der Waals surface area contributed by atoms with E-state index in [1.807, 2.05) is 64.0 Å². The molecule has 6 nitrogen and oxygen atoms in total. The Bertz CT molecular complexity index is 627. The molecule has 2 N–H and O–H groups in total. The molecule has 2 rings (SSSR count). The number of hydrogen-bond donors (Lipinski definition) is 2. The fourth-order valence-electron chi connectivity index (χ4n) is 3.08. The van der Waals surface area contributed by atoms with E-state index in [2.05, 4.69) is 15.8 Å². The number of anilines is 1. The molecule has 0 aromatic heterocycles. The van der Waals surface area contributed by atoms with Crippen molar-refractivity contribution in [3.05, 3.63) is 29.8 Å². The van der Waals surface area contributed by atoms with E-state index in [1.165, 1.54) is 0 Å². The van der Waals surface area contributed by atoms with Crippen molar-refractivity contribution in [1.29, 1.82) is 0 Å². The van der Waals surface area contributed by atoms with Crippen LogP contribution in [0.3, 0.4) is 0 Å². The van der Waals surface area contributed by atoms with Crippen molar-refractivity contribution >= 4 is 23.2 Å². The summed E-state index contributed by atoms with van der Waals surface area (Å²) in [5, 5.41) is 7.11. The maximum Gasteiger partial charge on any atom is 0.241 e. The Morgan fingerprint density at radius 2 is 1.92 bits per heavy atom. The Morgan fingerprint density at radius 1 is 1.29 bits per heavy atom. The molecule has 1 aliphatic rings. The van der Waals surface area contributed by atoms with Crippen LogP contribution >= 0.6 is 0 Å². The van der Waals surface area contributed by atoms with Gasteiger partial charge in [-0.15, -0.1) is 0 Å². The zero-order valence-electron chi connectivity index (χ0n) is 15.0. The molecule has 0 saturated carbocycles. The predicted molar refractivity (Wildman–Crippen MR) is 95.8 cm³/mol. The molecule has 1 aromatic carbocycles. The number of amides is 2. The third-order valence-corrected chi connectivity index (χ3v) is 4.16. The highest BCUT2D eigenvalue weighted by atomic mass is 16.2. The van der Waals surface area contributed by atoms with Crippen LogP contribution in [0.4, 0.5) is 5.69 Å². The van der Waals surface area contributed by atoms with Gasteiger partial charge in [0.2, 0.25) is 11.8 Å². The summed E-state index contributed by atoms with van der Waals surface area (Å²) in [6.45, 7) is 6.05. The van der Waals surface area contributed by atoms with Gasteiger partial charge in [0, 0.05) is 18.0 Å². The normalized spacial score (nSPS) is 19.0. The number of hydrazone groups is 1. The van der Waals surface area contributed by atoms with E-state index in [0.29, 0.717) is 6.42 Å². The molecule has 0 bridgehead atoms. The van der Waals surface area contributed by atoms with Gasteiger partial charge in [-0.05, 0) is 37.7 Å². The third-order valence-electron chi connectivity index (χ3n) is 4.16. The van der Waals surface area contributed by atoms with Gasteiger partial charge in [0.05, 0.1) is 11.8 Å².